The number of halogens is 5. The van der Waals surface area contributed by atoms with E-state index in [1.807, 2.05) is 0 Å². The quantitative estimate of drug-likeness (QED) is 0.472. The molecule has 1 atom stereocenters. The highest BCUT2D eigenvalue weighted by Crippen LogP contribution is 2.36. The second kappa shape index (κ2) is 10.3. The summed E-state index contributed by atoms with van der Waals surface area (Å²) in [5.41, 5.74) is -1.94. The first-order valence-electron chi connectivity index (χ1n) is 10.2. The van der Waals surface area contributed by atoms with E-state index in [2.05, 4.69) is 10.1 Å². The van der Waals surface area contributed by atoms with E-state index in [1.54, 1.807) is 6.92 Å². The number of benzene rings is 1. The van der Waals surface area contributed by atoms with Gasteiger partial charge in [0.15, 0.2) is 11.9 Å². The van der Waals surface area contributed by atoms with Crippen molar-refractivity contribution in [1.29, 1.82) is 0 Å². The topological polar surface area (TPSA) is 91.4 Å². The minimum absolute atomic E-state index is 0.0269. The van der Waals surface area contributed by atoms with Gasteiger partial charge in [0.2, 0.25) is 5.88 Å². The summed E-state index contributed by atoms with van der Waals surface area (Å²) in [5, 5.41) is 13.2. The zero-order chi connectivity index (χ0) is 25.9. The van der Waals surface area contributed by atoms with Crippen molar-refractivity contribution in [2.45, 2.75) is 39.3 Å². The molecule has 0 radical (unpaired) electrons. The van der Waals surface area contributed by atoms with Gasteiger partial charge in [0, 0.05) is 24.4 Å². The molecule has 1 aromatic carbocycles. The number of nitrogens with zero attached hydrogens (tertiary/aromatic N) is 4. The molecule has 2 aromatic heterocycles. The van der Waals surface area contributed by atoms with E-state index in [1.165, 1.54) is 25.4 Å². The van der Waals surface area contributed by atoms with Crippen LogP contribution in [0.2, 0.25) is 0 Å². The Bertz CT molecular complexity index is 1300. The number of ether oxygens (including phenoxy) is 2. The third-order valence-corrected chi connectivity index (χ3v) is 4.97. The molecule has 188 valence electrons. The van der Waals surface area contributed by atoms with Crippen LogP contribution < -0.4 is 15.2 Å². The van der Waals surface area contributed by atoms with Crippen LogP contribution in [0.15, 0.2) is 35.3 Å². The number of alkyl halides is 3. The number of hydrogen-bond acceptors (Lipinski definition) is 6. The molecule has 0 bridgehead atoms. The molecule has 3 aromatic rings. The highest BCUT2D eigenvalue weighted by Gasteiger charge is 2.39. The van der Waals surface area contributed by atoms with Gasteiger partial charge in [-0.05, 0) is 38.1 Å². The van der Waals surface area contributed by atoms with Gasteiger partial charge in [-0.25, -0.2) is 18.6 Å². The van der Waals surface area contributed by atoms with Crippen LogP contribution in [0.3, 0.4) is 0 Å². The van der Waals surface area contributed by atoms with E-state index >= 15 is 8.78 Å². The Morgan fingerprint density at radius 3 is 2.60 bits per heavy atom. The summed E-state index contributed by atoms with van der Waals surface area (Å²) in [4.78, 5) is 16.5. The number of hydrogen-bond donors (Lipinski definition) is 1. The molecule has 0 spiro atoms. The Morgan fingerprint density at radius 2 is 2.03 bits per heavy atom. The predicted molar refractivity (Wildman–Crippen MR) is 115 cm³/mol. The van der Waals surface area contributed by atoms with Crippen LogP contribution >= 0.6 is 0 Å². The van der Waals surface area contributed by atoms with Crippen LogP contribution in [0.5, 0.6) is 11.6 Å². The summed E-state index contributed by atoms with van der Waals surface area (Å²) >= 11 is 0. The third kappa shape index (κ3) is 5.34. The Balaban J connectivity index is 2.21. The zero-order valence-electron chi connectivity index (χ0n) is 18.8. The molecule has 0 saturated heterocycles. The number of aromatic nitrogens is 4. The van der Waals surface area contributed by atoms with Crippen molar-refractivity contribution in [3.05, 3.63) is 63.7 Å². The number of rotatable bonds is 8. The van der Waals surface area contributed by atoms with E-state index in [9.17, 15) is 23.1 Å². The predicted octanol–water partition coefficient (Wildman–Crippen LogP) is 3.89. The molecule has 0 aliphatic heterocycles. The molecular weight excluding hydrogens is 479 g/mol. The lowest BCUT2D eigenvalue weighted by atomic mass is 10.1. The van der Waals surface area contributed by atoms with Crippen LogP contribution in [0.4, 0.5) is 22.0 Å². The van der Waals surface area contributed by atoms with Crippen molar-refractivity contribution in [3.63, 3.8) is 0 Å². The monoisotopic (exact) mass is 500 g/mol. The first-order valence-corrected chi connectivity index (χ1v) is 10.2. The molecule has 0 aliphatic carbocycles. The highest BCUT2D eigenvalue weighted by atomic mass is 19.4. The highest BCUT2D eigenvalue weighted by molar-refractivity contribution is 5.81. The Hall–Kier alpha value is -3.74. The number of aliphatic hydroxyl groups is 1. The fraction of sp³-hybridized carbons (Fsp3) is 0.318. The molecule has 0 amide bonds. The fourth-order valence-corrected chi connectivity index (χ4v) is 3.17. The maximum absolute atomic E-state index is 15.2. The van der Waals surface area contributed by atoms with Gasteiger partial charge in [0.25, 0.3) is 0 Å². The van der Waals surface area contributed by atoms with Crippen LogP contribution in [0.25, 0.3) is 17.6 Å². The van der Waals surface area contributed by atoms with E-state index in [0.717, 1.165) is 16.7 Å². The van der Waals surface area contributed by atoms with Gasteiger partial charge in [-0.2, -0.15) is 17.9 Å². The Morgan fingerprint density at radius 1 is 1.31 bits per heavy atom. The third-order valence-electron chi connectivity index (χ3n) is 4.97. The SMILES string of the molecule is CCn1c(CO)nn(-c2cc(O[C@@H](C)C(F)(F)F)c(/C(F)=C/c3cccnc3OC)cc2F)c1=O. The minimum Gasteiger partial charge on any atom is -0.481 e. The second-order valence-corrected chi connectivity index (χ2v) is 7.21. The second-order valence-electron chi connectivity index (χ2n) is 7.21. The van der Waals surface area contributed by atoms with Crippen LogP contribution in [-0.4, -0.2) is 43.8 Å². The molecule has 0 fully saturated rings. The standard InChI is InChI=1S/C22H21F5N4O4/c1-4-30-19(11-32)29-31(21(30)33)17-10-18(35-12(2)22(25,26)27)14(9-16(17)24)15(23)8-13-6-5-7-28-20(13)34-3/h5-10,12,32H,4,11H2,1-3H3/b15-8-/t12-/m0/s1. The summed E-state index contributed by atoms with van der Waals surface area (Å²) in [7, 11) is 1.29. The summed E-state index contributed by atoms with van der Waals surface area (Å²) in [5.74, 6) is -3.07. The van der Waals surface area contributed by atoms with Crippen molar-refractivity contribution in [2.75, 3.05) is 7.11 Å². The van der Waals surface area contributed by atoms with Crippen LogP contribution in [0.1, 0.15) is 30.8 Å². The first kappa shape index (κ1) is 25.9. The molecule has 13 heteroatoms. The van der Waals surface area contributed by atoms with Gasteiger partial charge in [-0.1, -0.05) is 0 Å². The van der Waals surface area contributed by atoms with Crippen LogP contribution in [-0.2, 0) is 13.2 Å². The molecule has 35 heavy (non-hydrogen) atoms. The first-order chi connectivity index (χ1) is 16.5. The zero-order valence-corrected chi connectivity index (χ0v) is 18.8. The maximum atomic E-state index is 15.2. The van der Waals surface area contributed by atoms with Gasteiger partial charge >= 0.3 is 11.9 Å². The van der Waals surface area contributed by atoms with Gasteiger partial charge < -0.3 is 14.6 Å². The summed E-state index contributed by atoms with van der Waals surface area (Å²) in [6, 6.07) is 4.25. The lowest BCUT2D eigenvalue weighted by Gasteiger charge is -2.20. The molecule has 0 saturated carbocycles. The average molecular weight is 500 g/mol. The fourth-order valence-electron chi connectivity index (χ4n) is 3.17. The molecular formula is C22H21F5N4O4. The lowest BCUT2D eigenvalue weighted by Crippen LogP contribution is -2.31. The van der Waals surface area contributed by atoms with Crippen molar-refractivity contribution in [1.82, 2.24) is 19.3 Å². The van der Waals surface area contributed by atoms with Crippen LogP contribution in [0, 0.1) is 5.82 Å². The van der Waals surface area contributed by atoms with E-state index in [0.29, 0.717) is 17.7 Å². The Labute approximate surface area is 195 Å². The van der Waals surface area contributed by atoms with Gasteiger partial charge in [0.1, 0.15) is 29.7 Å². The number of aliphatic hydroxyl groups excluding tert-OH is 1. The normalized spacial score (nSPS) is 13.1. The molecule has 0 unspecified atom stereocenters. The van der Waals surface area contributed by atoms with E-state index in [4.69, 9.17) is 9.47 Å². The summed E-state index contributed by atoms with van der Waals surface area (Å²) < 4.78 is 81.5. The Kier molecular flexibility index (Phi) is 7.58. The molecule has 2 heterocycles. The van der Waals surface area contributed by atoms with Crippen molar-refractivity contribution < 1.29 is 36.5 Å². The summed E-state index contributed by atoms with van der Waals surface area (Å²) in [6.07, 6.45) is -4.93. The average Bonchev–Trinajstić information content (AvgIpc) is 3.14. The number of methoxy groups -OCH3 is 1. The van der Waals surface area contributed by atoms with Crippen molar-refractivity contribution >= 4 is 11.9 Å². The number of pyridine rings is 1. The smallest absolute Gasteiger partial charge is 0.425 e. The lowest BCUT2D eigenvalue weighted by molar-refractivity contribution is -0.189. The minimum atomic E-state index is -4.82. The molecule has 8 nitrogen and oxygen atoms in total. The van der Waals surface area contributed by atoms with Crippen molar-refractivity contribution in [2.24, 2.45) is 0 Å². The molecule has 3 rings (SSSR count). The molecule has 1 N–H and O–H groups in total. The van der Waals surface area contributed by atoms with E-state index in [-0.39, 0.29) is 23.8 Å². The summed E-state index contributed by atoms with van der Waals surface area (Å²) in [6.45, 7) is 1.72. The van der Waals surface area contributed by atoms with Gasteiger partial charge in [-0.3, -0.25) is 4.57 Å². The maximum Gasteiger partial charge on any atom is 0.425 e. The van der Waals surface area contributed by atoms with E-state index < -0.39 is 53.2 Å². The van der Waals surface area contributed by atoms with Gasteiger partial charge in [0.05, 0.1) is 12.7 Å². The largest absolute Gasteiger partial charge is 0.481 e. The van der Waals surface area contributed by atoms with Gasteiger partial charge in [-0.15, -0.1) is 5.10 Å². The van der Waals surface area contributed by atoms with Crippen molar-refractivity contribution in [3.8, 4) is 17.3 Å². The molecule has 0 aliphatic rings.